The van der Waals surface area contributed by atoms with E-state index in [0.717, 1.165) is 6.42 Å². The fraction of sp³-hybridized carbons (Fsp3) is 1.00. The molecular formula is C24H49NO3S. The Morgan fingerprint density at radius 2 is 1.00 bits per heavy atom. The molecule has 0 spiro atoms. The molecule has 0 aromatic heterocycles. The first kappa shape index (κ1) is 26.9. The summed E-state index contributed by atoms with van der Waals surface area (Å²) >= 11 is 0. The molecule has 1 saturated heterocycles. The van der Waals surface area contributed by atoms with Gasteiger partial charge in [-0.15, -0.1) is 0 Å². The summed E-state index contributed by atoms with van der Waals surface area (Å²) in [7, 11) is -3.01. The summed E-state index contributed by atoms with van der Waals surface area (Å²) in [6.07, 6.45) is 18.9. The van der Waals surface area contributed by atoms with E-state index in [2.05, 4.69) is 6.92 Å². The van der Waals surface area contributed by atoms with E-state index in [-0.39, 0.29) is 11.5 Å². The summed E-state index contributed by atoms with van der Waals surface area (Å²) in [5.41, 5.74) is -0.951. The predicted molar refractivity (Wildman–Crippen MR) is 125 cm³/mol. The van der Waals surface area contributed by atoms with E-state index in [0.29, 0.717) is 6.61 Å². The number of hydroxylamine groups is 2. The van der Waals surface area contributed by atoms with Gasteiger partial charge in [0.15, 0.2) is 9.84 Å². The van der Waals surface area contributed by atoms with Gasteiger partial charge in [0.1, 0.15) is 0 Å². The van der Waals surface area contributed by atoms with E-state index in [1.54, 1.807) is 0 Å². The smallest absolute Gasteiger partial charge is 0.154 e. The van der Waals surface area contributed by atoms with Crippen molar-refractivity contribution in [3.05, 3.63) is 0 Å². The van der Waals surface area contributed by atoms with Gasteiger partial charge >= 0.3 is 0 Å². The van der Waals surface area contributed by atoms with Gasteiger partial charge in [0.25, 0.3) is 0 Å². The van der Waals surface area contributed by atoms with E-state index in [1.807, 2.05) is 32.8 Å². The van der Waals surface area contributed by atoms with E-state index >= 15 is 0 Å². The summed E-state index contributed by atoms with van der Waals surface area (Å²) < 4.78 is 24.3. The molecule has 4 nitrogen and oxygen atoms in total. The summed E-state index contributed by atoms with van der Waals surface area (Å²) in [5.74, 6) is 0.338. The molecule has 0 unspecified atom stereocenters. The molecule has 0 N–H and O–H groups in total. The second-order valence-corrected chi connectivity index (χ2v) is 12.4. The zero-order valence-corrected chi connectivity index (χ0v) is 20.9. The van der Waals surface area contributed by atoms with Crippen molar-refractivity contribution in [1.29, 1.82) is 0 Å². The minimum absolute atomic E-state index is 0.169. The van der Waals surface area contributed by atoms with Crippen LogP contribution in [-0.2, 0) is 14.7 Å². The molecule has 29 heavy (non-hydrogen) atoms. The zero-order chi connectivity index (χ0) is 21.8. The van der Waals surface area contributed by atoms with Gasteiger partial charge in [-0.2, -0.15) is 5.06 Å². The first-order valence-corrected chi connectivity index (χ1v) is 14.1. The van der Waals surface area contributed by atoms with Crippen molar-refractivity contribution < 1.29 is 13.3 Å². The normalized spacial score (nSPS) is 20.7. The molecule has 1 heterocycles. The van der Waals surface area contributed by atoms with E-state index < -0.39 is 20.9 Å². The lowest BCUT2D eigenvalue weighted by molar-refractivity contribution is -0.258. The fourth-order valence-corrected chi connectivity index (χ4v) is 7.36. The van der Waals surface area contributed by atoms with Crippen molar-refractivity contribution in [2.75, 3.05) is 18.1 Å². The Hall–Kier alpha value is -0.130. The van der Waals surface area contributed by atoms with Crippen molar-refractivity contribution in [3.63, 3.8) is 0 Å². The van der Waals surface area contributed by atoms with Crippen LogP contribution in [0.4, 0.5) is 0 Å². The van der Waals surface area contributed by atoms with Crippen molar-refractivity contribution in [3.8, 4) is 0 Å². The summed E-state index contributed by atoms with van der Waals surface area (Å²) in [4.78, 5) is 6.08. The molecule has 0 bridgehead atoms. The molecule has 174 valence electrons. The maximum Gasteiger partial charge on any atom is 0.154 e. The van der Waals surface area contributed by atoms with Gasteiger partial charge in [0, 0.05) is 0 Å². The molecule has 0 radical (unpaired) electrons. The minimum Gasteiger partial charge on any atom is -0.298 e. The SMILES string of the molecule is CCCCCCCCCCCCCCCCON1C(C)(C)CS(=O)(=O)CC1(C)C. The number of sulfone groups is 1. The second-order valence-electron chi connectivity index (χ2n) is 10.4. The topological polar surface area (TPSA) is 46.6 Å². The van der Waals surface area contributed by atoms with Gasteiger partial charge in [-0.1, -0.05) is 90.4 Å². The highest BCUT2D eigenvalue weighted by Crippen LogP contribution is 2.34. The predicted octanol–water partition coefficient (Wildman–Crippen LogP) is 6.69. The summed E-state index contributed by atoms with van der Waals surface area (Å²) in [6, 6.07) is 0. The van der Waals surface area contributed by atoms with E-state index in [4.69, 9.17) is 4.84 Å². The van der Waals surface area contributed by atoms with Gasteiger partial charge < -0.3 is 0 Å². The van der Waals surface area contributed by atoms with Crippen LogP contribution in [0.2, 0.25) is 0 Å². The maximum absolute atomic E-state index is 12.2. The van der Waals surface area contributed by atoms with Crippen LogP contribution in [0.3, 0.4) is 0 Å². The monoisotopic (exact) mass is 431 g/mol. The lowest BCUT2D eigenvalue weighted by Gasteiger charge is -2.50. The molecule has 0 aliphatic carbocycles. The molecule has 0 amide bonds. The lowest BCUT2D eigenvalue weighted by atomic mass is 9.99. The van der Waals surface area contributed by atoms with Crippen LogP contribution < -0.4 is 0 Å². The quantitative estimate of drug-likeness (QED) is 0.255. The van der Waals surface area contributed by atoms with Gasteiger partial charge in [-0.05, 0) is 34.1 Å². The molecule has 0 aromatic carbocycles. The highest BCUT2D eigenvalue weighted by atomic mass is 32.2. The Morgan fingerprint density at radius 1 is 0.655 bits per heavy atom. The third-order valence-electron chi connectivity index (χ3n) is 5.96. The number of rotatable bonds is 16. The van der Waals surface area contributed by atoms with Crippen LogP contribution in [0.25, 0.3) is 0 Å². The van der Waals surface area contributed by atoms with Crippen LogP contribution in [0.1, 0.15) is 125 Å². The average Bonchev–Trinajstić information content (AvgIpc) is 2.58. The van der Waals surface area contributed by atoms with Crippen LogP contribution >= 0.6 is 0 Å². The largest absolute Gasteiger partial charge is 0.298 e. The van der Waals surface area contributed by atoms with Crippen LogP contribution in [0.15, 0.2) is 0 Å². The maximum atomic E-state index is 12.2. The zero-order valence-electron chi connectivity index (χ0n) is 20.1. The highest BCUT2D eigenvalue weighted by molar-refractivity contribution is 7.91. The van der Waals surface area contributed by atoms with E-state index in [9.17, 15) is 8.42 Å². The first-order valence-electron chi connectivity index (χ1n) is 12.2. The van der Waals surface area contributed by atoms with Crippen LogP contribution in [0, 0.1) is 0 Å². The Labute approximate surface area is 182 Å². The number of hydrogen-bond donors (Lipinski definition) is 0. The van der Waals surface area contributed by atoms with Crippen molar-refractivity contribution in [1.82, 2.24) is 5.06 Å². The van der Waals surface area contributed by atoms with Crippen molar-refractivity contribution >= 4 is 9.84 Å². The molecule has 1 fully saturated rings. The molecule has 0 saturated carbocycles. The van der Waals surface area contributed by atoms with E-state index in [1.165, 1.54) is 83.5 Å². The van der Waals surface area contributed by atoms with Crippen LogP contribution in [0.5, 0.6) is 0 Å². The van der Waals surface area contributed by atoms with Crippen molar-refractivity contribution in [2.45, 2.75) is 136 Å². The third-order valence-corrected chi connectivity index (χ3v) is 8.26. The lowest BCUT2D eigenvalue weighted by Crippen LogP contribution is -2.65. The van der Waals surface area contributed by atoms with Crippen molar-refractivity contribution in [2.24, 2.45) is 0 Å². The molecule has 5 heteroatoms. The third kappa shape index (κ3) is 11.2. The summed E-state index contributed by atoms with van der Waals surface area (Å²) in [5, 5.41) is 1.95. The molecule has 0 aromatic rings. The fourth-order valence-electron chi connectivity index (χ4n) is 4.87. The molecule has 1 aliphatic rings. The van der Waals surface area contributed by atoms with Crippen LogP contribution in [-0.4, -0.2) is 42.7 Å². The molecular weight excluding hydrogens is 382 g/mol. The minimum atomic E-state index is -3.01. The first-order chi connectivity index (χ1) is 13.6. The average molecular weight is 432 g/mol. The highest BCUT2D eigenvalue weighted by Gasteiger charge is 2.49. The van der Waals surface area contributed by atoms with Gasteiger partial charge in [0.05, 0.1) is 29.2 Å². The standard InChI is InChI=1S/C24H49NO3S/c1-6-7-8-9-10-11-12-13-14-15-16-17-18-19-20-28-25-23(2,3)21-29(26,27)22-24(25,4)5/h6-22H2,1-5H3. The number of hydrogen-bond acceptors (Lipinski definition) is 4. The number of nitrogens with zero attached hydrogens (tertiary/aromatic N) is 1. The van der Waals surface area contributed by atoms with Gasteiger partial charge in [0.2, 0.25) is 0 Å². The Morgan fingerprint density at radius 3 is 1.38 bits per heavy atom. The van der Waals surface area contributed by atoms with Gasteiger partial charge in [-0.25, -0.2) is 8.42 Å². The Balaban J connectivity index is 2.02. The second kappa shape index (κ2) is 13.3. The molecule has 0 atom stereocenters. The Kier molecular flexibility index (Phi) is 12.4. The molecule has 1 rings (SSSR count). The number of unbranched alkanes of at least 4 members (excludes halogenated alkanes) is 13. The van der Waals surface area contributed by atoms with Gasteiger partial charge in [-0.3, -0.25) is 4.84 Å². The Bertz CT molecular complexity index is 504. The molecule has 1 aliphatic heterocycles. The summed E-state index contributed by atoms with van der Waals surface area (Å²) in [6.45, 7) is 10.8.